The molecule has 2 N–H and O–H groups in total. The smallest absolute Gasteiger partial charge is 0.268 e. The van der Waals surface area contributed by atoms with Crippen LogP contribution in [-0.4, -0.2) is 11.8 Å². The quantitative estimate of drug-likeness (QED) is 0.644. The number of amides is 2. The molecule has 0 unspecified atom stereocenters. The van der Waals surface area contributed by atoms with Crippen molar-refractivity contribution in [3.63, 3.8) is 0 Å². The zero-order valence-electron chi connectivity index (χ0n) is 15.9. The minimum absolute atomic E-state index is 0.0823. The molecule has 1 aromatic heterocycles. The zero-order chi connectivity index (χ0) is 20.1. The Morgan fingerprint density at radius 2 is 1.76 bits per heavy atom. The number of hydrogen-bond donors (Lipinski definition) is 2. The molecule has 2 aromatic carbocycles. The normalized spacial score (nSPS) is 16.0. The first-order valence-electron chi connectivity index (χ1n) is 9.71. The second-order valence-corrected chi connectivity index (χ2v) is 7.01. The van der Waals surface area contributed by atoms with Crippen LogP contribution in [0, 0.1) is 0 Å². The highest BCUT2D eigenvalue weighted by Crippen LogP contribution is 2.29. The van der Waals surface area contributed by atoms with Gasteiger partial charge < -0.3 is 15.1 Å². The number of carbonyl (C=O) groups is 2. The van der Waals surface area contributed by atoms with Gasteiger partial charge in [-0.25, -0.2) is 0 Å². The fraction of sp³-hybridized carbons (Fsp3) is 0.167. The summed E-state index contributed by atoms with van der Waals surface area (Å²) in [6.07, 6.45) is 5.96. The SMILES string of the molecule is O=C(N[C@H]1CCCc2ccccc21)/C(=C/c1ccco1)NC(=O)c1ccccc1. The van der Waals surface area contributed by atoms with Crippen LogP contribution in [0.5, 0.6) is 0 Å². The van der Waals surface area contributed by atoms with Crippen molar-refractivity contribution in [3.8, 4) is 0 Å². The van der Waals surface area contributed by atoms with E-state index in [1.165, 1.54) is 11.8 Å². The Bertz CT molecular complexity index is 1020. The molecule has 1 aliphatic rings. The van der Waals surface area contributed by atoms with Gasteiger partial charge in [0.15, 0.2) is 0 Å². The average molecular weight is 386 g/mol. The predicted octanol–water partition coefficient (Wildman–Crippen LogP) is 4.24. The lowest BCUT2D eigenvalue weighted by Gasteiger charge is -2.26. The summed E-state index contributed by atoms with van der Waals surface area (Å²) in [7, 11) is 0. The molecule has 0 fully saturated rings. The van der Waals surface area contributed by atoms with Gasteiger partial charge in [-0.15, -0.1) is 0 Å². The Morgan fingerprint density at radius 1 is 0.966 bits per heavy atom. The number of fused-ring (bicyclic) bond motifs is 1. The molecular weight excluding hydrogens is 364 g/mol. The minimum Gasteiger partial charge on any atom is -0.465 e. The van der Waals surface area contributed by atoms with Gasteiger partial charge in [-0.3, -0.25) is 9.59 Å². The van der Waals surface area contributed by atoms with Crippen molar-refractivity contribution < 1.29 is 14.0 Å². The summed E-state index contributed by atoms with van der Waals surface area (Å²) in [4.78, 5) is 25.7. The molecule has 0 radical (unpaired) electrons. The van der Waals surface area contributed by atoms with E-state index in [2.05, 4.69) is 22.8 Å². The van der Waals surface area contributed by atoms with Gasteiger partial charge in [0.2, 0.25) is 0 Å². The molecule has 5 heteroatoms. The highest BCUT2D eigenvalue weighted by molar-refractivity contribution is 6.05. The lowest BCUT2D eigenvalue weighted by atomic mass is 9.87. The molecule has 4 rings (SSSR count). The van der Waals surface area contributed by atoms with E-state index in [0.29, 0.717) is 11.3 Å². The molecular formula is C24H22N2O3. The Hall–Kier alpha value is -3.60. The standard InChI is InChI=1S/C24H22N2O3/c27-23(18-9-2-1-3-10-18)26-22(16-19-12-7-15-29-19)24(28)25-21-14-6-11-17-8-4-5-13-20(17)21/h1-5,7-10,12-13,15-16,21H,6,11,14H2,(H,25,28)(H,26,27)/b22-16-/t21-/m0/s1. The van der Waals surface area contributed by atoms with Crippen LogP contribution in [0.2, 0.25) is 0 Å². The van der Waals surface area contributed by atoms with E-state index in [0.717, 1.165) is 24.8 Å². The van der Waals surface area contributed by atoms with Gasteiger partial charge in [-0.2, -0.15) is 0 Å². The highest BCUT2D eigenvalue weighted by atomic mass is 16.3. The number of furan rings is 1. The Morgan fingerprint density at radius 3 is 2.55 bits per heavy atom. The molecule has 1 aliphatic carbocycles. The summed E-state index contributed by atoms with van der Waals surface area (Å²) in [5, 5.41) is 5.82. The molecule has 0 bridgehead atoms. The summed E-state index contributed by atoms with van der Waals surface area (Å²) < 4.78 is 5.34. The fourth-order valence-corrected chi connectivity index (χ4v) is 3.60. The third-order valence-electron chi connectivity index (χ3n) is 5.03. The topological polar surface area (TPSA) is 71.3 Å². The van der Waals surface area contributed by atoms with Crippen LogP contribution in [0.15, 0.2) is 83.1 Å². The Balaban J connectivity index is 1.57. The predicted molar refractivity (Wildman–Crippen MR) is 111 cm³/mol. The summed E-state index contributed by atoms with van der Waals surface area (Å²) in [6, 6.07) is 20.4. The van der Waals surface area contributed by atoms with Crippen LogP contribution in [0.1, 0.15) is 46.1 Å². The maximum atomic E-state index is 13.1. The van der Waals surface area contributed by atoms with Crippen molar-refractivity contribution in [3.05, 3.63) is 101 Å². The monoisotopic (exact) mass is 386 g/mol. The summed E-state index contributed by atoms with van der Waals surface area (Å²) in [6.45, 7) is 0. The molecule has 0 spiro atoms. The van der Waals surface area contributed by atoms with Gasteiger partial charge in [0.25, 0.3) is 11.8 Å². The molecule has 1 atom stereocenters. The molecule has 5 nitrogen and oxygen atoms in total. The van der Waals surface area contributed by atoms with Crippen LogP contribution in [0.25, 0.3) is 6.08 Å². The van der Waals surface area contributed by atoms with Crippen LogP contribution < -0.4 is 10.6 Å². The van der Waals surface area contributed by atoms with Crippen molar-refractivity contribution >= 4 is 17.9 Å². The largest absolute Gasteiger partial charge is 0.465 e. The van der Waals surface area contributed by atoms with Gasteiger partial charge in [0.05, 0.1) is 12.3 Å². The number of aryl methyl sites for hydroxylation is 1. The second kappa shape index (κ2) is 8.61. The first kappa shape index (κ1) is 18.7. The average Bonchev–Trinajstić information content (AvgIpc) is 3.27. The minimum atomic E-state index is -0.345. The van der Waals surface area contributed by atoms with E-state index < -0.39 is 0 Å². The van der Waals surface area contributed by atoms with Gasteiger partial charge in [0, 0.05) is 11.6 Å². The lowest BCUT2D eigenvalue weighted by molar-refractivity contribution is -0.118. The van der Waals surface area contributed by atoms with Gasteiger partial charge in [-0.05, 0) is 54.7 Å². The van der Waals surface area contributed by atoms with Crippen LogP contribution in [0.3, 0.4) is 0 Å². The Labute approximate surface area is 169 Å². The van der Waals surface area contributed by atoms with Crippen LogP contribution in [-0.2, 0) is 11.2 Å². The number of rotatable bonds is 5. The van der Waals surface area contributed by atoms with Crippen LogP contribution >= 0.6 is 0 Å². The molecule has 0 saturated heterocycles. The van der Waals surface area contributed by atoms with Crippen LogP contribution in [0.4, 0.5) is 0 Å². The van der Waals surface area contributed by atoms with Crippen molar-refractivity contribution in [2.45, 2.75) is 25.3 Å². The third kappa shape index (κ3) is 4.46. The van der Waals surface area contributed by atoms with Crippen molar-refractivity contribution in [1.82, 2.24) is 10.6 Å². The van der Waals surface area contributed by atoms with Gasteiger partial charge >= 0.3 is 0 Å². The first-order chi connectivity index (χ1) is 14.2. The first-order valence-corrected chi connectivity index (χ1v) is 9.71. The summed E-state index contributed by atoms with van der Waals surface area (Å²) in [5.41, 5.74) is 3.03. The summed E-state index contributed by atoms with van der Waals surface area (Å²) in [5.74, 6) is -0.192. The van der Waals surface area contributed by atoms with Gasteiger partial charge in [0.1, 0.15) is 11.5 Å². The van der Waals surface area contributed by atoms with Crippen molar-refractivity contribution in [2.75, 3.05) is 0 Å². The van der Waals surface area contributed by atoms with E-state index in [-0.39, 0.29) is 23.6 Å². The van der Waals surface area contributed by atoms with E-state index in [1.807, 2.05) is 18.2 Å². The fourth-order valence-electron chi connectivity index (χ4n) is 3.60. The molecule has 1 heterocycles. The molecule has 146 valence electrons. The Kier molecular flexibility index (Phi) is 5.56. The van der Waals surface area contributed by atoms with E-state index in [1.54, 1.807) is 42.5 Å². The van der Waals surface area contributed by atoms with Gasteiger partial charge in [-0.1, -0.05) is 42.5 Å². The number of nitrogens with one attached hydrogen (secondary N) is 2. The highest BCUT2D eigenvalue weighted by Gasteiger charge is 2.24. The molecule has 3 aromatic rings. The van der Waals surface area contributed by atoms with E-state index in [4.69, 9.17) is 4.42 Å². The number of hydrogen-bond acceptors (Lipinski definition) is 3. The third-order valence-corrected chi connectivity index (χ3v) is 5.03. The van der Waals surface area contributed by atoms with E-state index in [9.17, 15) is 9.59 Å². The van der Waals surface area contributed by atoms with Crippen molar-refractivity contribution in [1.29, 1.82) is 0 Å². The second-order valence-electron chi connectivity index (χ2n) is 7.01. The number of benzene rings is 2. The number of carbonyl (C=O) groups excluding carboxylic acids is 2. The molecule has 29 heavy (non-hydrogen) atoms. The van der Waals surface area contributed by atoms with E-state index >= 15 is 0 Å². The molecule has 2 amide bonds. The maximum Gasteiger partial charge on any atom is 0.268 e. The molecule has 0 saturated carbocycles. The lowest BCUT2D eigenvalue weighted by Crippen LogP contribution is -2.37. The summed E-state index contributed by atoms with van der Waals surface area (Å²) >= 11 is 0. The molecule has 0 aliphatic heterocycles. The van der Waals surface area contributed by atoms with Crippen molar-refractivity contribution in [2.24, 2.45) is 0 Å². The maximum absolute atomic E-state index is 13.1. The zero-order valence-corrected chi connectivity index (χ0v) is 15.9.